The minimum Gasteiger partial charge on any atom is -0.479 e. The number of carboxylic acid groups (broad SMARTS) is 1. The van der Waals surface area contributed by atoms with Crippen LogP contribution in [-0.2, 0) is 9.59 Å². The van der Waals surface area contributed by atoms with E-state index < -0.39 is 12.0 Å². The van der Waals surface area contributed by atoms with Crippen LogP contribution in [0.1, 0.15) is 34.4 Å². The summed E-state index contributed by atoms with van der Waals surface area (Å²) >= 11 is 1.67. The molecule has 114 valence electrons. The Bertz CT molecular complexity index is 695. The van der Waals surface area contributed by atoms with Crippen molar-refractivity contribution in [2.45, 2.75) is 25.3 Å². The van der Waals surface area contributed by atoms with Gasteiger partial charge >= 0.3 is 5.97 Å². The standard InChI is InChI=1S/C17H17NO3S/c1-10-7-8-22-15(10)12-9-13(12)16(19)18-14(17(20)21)11-5-3-2-4-6-11/h2-8,12-14H,9H2,1H3,(H,18,19)(H,20,21)/t12?,13?,14-/m0/s1. The molecule has 0 spiro atoms. The molecule has 3 atom stereocenters. The molecule has 0 aliphatic heterocycles. The molecule has 1 aromatic heterocycles. The first-order valence-corrected chi connectivity index (χ1v) is 8.08. The van der Waals surface area contributed by atoms with E-state index in [4.69, 9.17) is 0 Å². The van der Waals surface area contributed by atoms with Gasteiger partial charge in [-0.2, -0.15) is 0 Å². The Kier molecular flexibility index (Phi) is 3.98. The molecule has 0 saturated heterocycles. The van der Waals surface area contributed by atoms with E-state index in [1.807, 2.05) is 18.4 Å². The molecule has 1 saturated carbocycles. The first kappa shape index (κ1) is 14.8. The first-order chi connectivity index (χ1) is 10.6. The van der Waals surface area contributed by atoms with Crippen LogP contribution < -0.4 is 5.32 Å². The van der Waals surface area contributed by atoms with Crippen LogP contribution in [0.3, 0.4) is 0 Å². The largest absolute Gasteiger partial charge is 0.479 e. The number of carbonyl (C=O) groups is 2. The SMILES string of the molecule is Cc1ccsc1C1CC1C(=O)N[C@H](C(=O)O)c1ccccc1. The number of hydrogen-bond acceptors (Lipinski definition) is 3. The van der Waals surface area contributed by atoms with E-state index in [9.17, 15) is 14.7 Å². The Morgan fingerprint density at radius 1 is 1.27 bits per heavy atom. The number of rotatable bonds is 5. The molecule has 22 heavy (non-hydrogen) atoms. The molecule has 0 radical (unpaired) electrons. The van der Waals surface area contributed by atoms with E-state index in [0.29, 0.717) is 5.56 Å². The summed E-state index contributed by atoms with van der Waals surface area (Å²) in [6, 6.07) is 9.86. The smallest absolute Gasteiger partial charge is 0.330 e. The predicted octanol–water partition coefficient (Wildman–Crippen LogP) is 3.10. The van der Waals surface area contributed by atoms with Gasteiger partial charge in [-0.15, -0.1) is 11.3 Å². The Morgan fingerprint density at radius 3 is 2.59 bits per heavy atom. The number of hydrogen-bond donors (Lipinski definition) is 2. The third kappa shape index (κ3) is 2.90. The summed E-state index contributed by atoms with van der Waals surface area (Å²) in [5.41, 5.74) is 1.80. The fraction of sp³-hybridized carbons (Fsp3) is 0.294. The van der Waals surface area contributed by atoms with Crippen molar-refractivity contribution < 1.29 is 14.7 Å². The van der Waals surface area contributed by atoms with Crippen molar-refractivity contribution in [1.29, 1.82) is 0 Å². The van der Waals surface area contributed by atoms with E-state index in [1.54, 1.807) is 35.6 Å². The molecule has 0 bridgehead atoms. The van der Waals surface area contributed by atoms with Crippen molar-refractivity contribution >= 4 is 23.2 Å². The molecule has 4 nitrogen and oxygen atoms in total. The zero-order chi connectivity index (χ0) is 15.7. The van der Waals surface area contributed by atoms with Gasteiger partial charge in [0.15, 0.2) is 6.04 Å². The maximum Gasteiger partial charge on any atom is 0.330 e. The number of nitrogens with one attached hydrogen (secondary N) is 1. The predicted molar refractivity (Wildman–Crippen MR) is 84.9 cm³/mol. The van der Waals surface area contributed by atoms with Gasteiger partial charge in [0, 0.05) is 16.7 Å². The van der Waals surface area contributed by atoms with Gasteiger partial charge in [-0.1, -0.05) is 30.3 Å². The summed E-state index contributed by atoms with van der Waals surface area (Å²) in [7, 11) is 0. The van der Waals surface area contributed by atoms with Crippen LogP contribution >= 0.6 is 11.3 Å². The number of thiophene rings is 1. The maximum atomic E-state index is 12.3. The minimum absolute atomic E-state index is 0.108. The van der Waals surface area contributed by atoms with E-state index in [-0.39, 0.29) is 17.7 Å². The quantitative estimate of drug-likeness (QED) is 0.891. The van der Waals surface area contributed by atoms with E-state index in [0.717, 1.165) is 6.42 Å². The number of carbonyl (C=O) groups excluding carboxylic acids is 1. The third-order valence-electron chi connectivity index (χ3n) is 4.03. The molecule has 1 fully saturated rings. The zero-order valence-corrected chi connectivity index (χ0v) is 13.0. The molecular weight excluding hydrogens is 298 g/mol. The van der Waals surface area contributed by atoms with Crippen LogP contribution in [0, 0.1) is 12.8 Å². The summed E-state index contributed by atoms with van der Waals surface area (Å²) in [4.78, 5) is 25.0. The summed E-state index contributed by atoms with van der Waals surface area (Å²) in [6.07, 6.45) is 0.800. The second-order valence-electron chi connectivity index (χ2n) is 5.61. The molecule has 1 aliphatic rings. The lowest BCUT2D eigenvalue weighted by molar-refractivity contribution is -0.142. The lowest BCUT2D eigenvalue weighted by Crippen LogP contribution is -2.34. The fourth-order valence-corrected chi connectivity index (χ4v) is 3.83. The number of aliphatic carboxylic acids is 1. The van der Waals surface area contributed by atoms with Gasteiger partial charge in [0.25, 0.3) is 0 Å². The number of aryl methyl sites for hydroxylation is 1. The molecule has 2 N–H and O–H groups in total. The molecule has 2 unspecified atom stereocenters. The lowest BCUT2D eigenvalue weighted by atomic mass is 10.1. The van der Waals surface area contributed by atoms with Crippen molar-refractivity contribution in [3.05, 3.63) is 57.8 Å². The van der Waals surface area contributed by atoms with Gasteiger partial charge in [0.1, 0.15) is 0 Å². The fourth-order valence-electron chi connectivity index (χ4n) is 2.72. The van der Waals surface area contributed by atoms with Crippen LogP contribution in [0.4, 0.5) is 0 Å². The molecule has 1 aliphatic carbocycles. The normalized spacial score (nSPS) is 21.1. The number of amides is 1. The molecular formula is C17H17NO3S. The van der Waals surface area contributed by atoms with Gasteiger partial charge in [-0.05, 0) is 35.9 Å². The average Bonchev–Trinajstić information content (AvgIpc) is 3.19. The zero-order valence-electron chi connectivity index (χ0n) is 12.2. The van der Waals surface area contributed by atoms with Crippen molar-refractivity contribution in [2.24, 2.45) is 5.92 Å². The number of carboxylic acids is 1. The van der Waals surface area contributed by atoms with E-state index in [2.05, 4.69) is 11.4 Å². The summed E-state index contributed by atoms with van der Waals surface area (Å²) < 4.78 is 0. The molecule has 5 heteroatoms. The third-order valence-corrected chi connectivity index (χ3v) is 5.18. The first-order valence-electron chi connectivity index (χ1n) is 7.20. The highest BCUT2D eigenvalue weighted by molar-refractivity contribution is 7.10. The topological polar surface area (TPSA) is 66.4 Å². The number of benzene rings is 1. The van der Waals surface area contributed by atoms with Crippen molar-refractivity contribution in [2.75, 3.05) is 0 Å². The van der Waals surface area contributed by atoms with Crippen LogP contribution in [0.5, 0.6) is 0 Å². The highest BCUT2D eigenvalue weighted by Crippen LogP contribution is 2.50. The Morgan fingerprint density at radius 2 is 2.00 bits per heavy atom. The van der Waals surface area contributed by atoms with Gasteiger partial charge in [-0.3, -0.25) is 4.79 Å². The average molecular weight is 315 g/mol. The Balaban J connectivity index is 1.69. The van der Waals surface area contributed by atoms with Crippen LogP contribution in [0.15, 0.2) is 41.8 Å². The highest BCUT2D eigenvalue weighted by Gasteiger charge is 2.46. The lowest BCUT2D eigenvalue weighted by Gasteiger charge is -2.14. The van der Waals surface area contributed by atoms with Gasteiger partial charge in [-0.25, -0.2) is 4.79 Å². The molecule has 1 aromatic carbocycles. The Hall–Kier alpha value is -2.14. The van der Waals surface area contributed by atoms with Gasteiger partial charge in [0.05, 0.1) is 0 Å². The summed E-state index contributed by atoms with van der Waals surface area (Å²) in [6.45, 7) is 2.04. The van der Waals surface area contributed by atoms with E-state index >= 15 is 0 Å². The van der Waals surface area contributed by atoms with E-state index in [1.165, 1.54) is 10.4 Å². The molecule has 3 rings (SSSR count). The monoisotopic (exact) mass is 315 g/mol. The van der Waals surface area contributed by atoms with Crippen molar-refractivity contribution in [1.82, 2.24) is 5.32 Å². The Labute approximate surface area is 132 Å². The van der Waals surface area contributed by atoms with Gasteiger partial charge < -0.3 is 10.4 Å². The molecule has 2 aromatic rings. The summed E-state index contributed by atoms with van der Waals surface area (Å²) in [5, 5.41) is 14.1. The second kappa shape index (κ2) is 5.93. The highest BCUT2D eigenvalue weighted by atomic mass is 32.1. The molecule has 1 heterocycles. The van der Waals surface area contributed by atoms with Crippen LogP contribution in [0.25, 0.3) is 0 Å². The maximum absolute atomic E-state index is 12.3. The van der Waals surface area contributed by atoms with Gasteiger partial charge in [0.2, 0.25) is 5.91 Å². The van der Waals surface area contributed by atoms with Crippen molar-refractivity contribution in [3.63, 3.8) is 0 Å². The molecule has 1 amide bonds. The van der Waals surface area contributed by atoms with Crippen molar-refractivity contribution in [3.8, 4) is 0 Å². The van der Waals surface area contributed by atoms with Crippen LogP contribution in [-0.4, -0.2) is 17.0 Å². The minimum atomic E-state index is -1.04. The van der Waals surface area contributed by atoms with Crippen LogP contribution in [0.2, 0.25) is 0 Å². The second-order valence-corrected chi connectivity index (χ2v) is 6.55. The summed E-state index contributed by atoms with van der Waals surface area (Å²) in [5.74, 6) is -1.08.